The van der Waals surface area contributed by atoms with Crippen LogP contribution in [0.25, 0.3) is 0 Å². The number of nitrogens with zero attached hydrogens (tertiary/aromatic N) is 2. The van der Waals surface area contributed by atoms with E-state index >= 15 is 0 Å². The molecule has 0 aromatic heterocycles. The van der Waals surface area contributed by atoms with Crippen LogP contribution < -0.4 is 9.80 Å². The lowest BCUT2D eigenvalue weighted by atomic mass is 10.0. The van der Waals surface area contributed by atoms with Crippen molar-refractivity contribution in [3.05, 3.63) is 23.3 Å². The summed E-state index contributed by atoms with van der Waals surface area (Å²) >= 11 is 0. The Balaban J connectivity index is 2.25. The van der Waals surface area contributed by atoms with Gasteiger partial charge in [-0.2, -0.15) is 0 Å². The van der Waals surface area contributed by atoms with Crippen molar-refractivity contribution in [1.82, 2.24) is 0 Å². The van der Waals surface area contributed by atoms with Crippen LogP contribution in [0.15, 0.2) is 12.1 Å². The normalized spacial score (nSPS) is 20.8. The van der Waals surface area contributed by atoms with Crippen LogP contribution in [0.5, 0.6) is 0 Å². The molecule has 90 valence electrons. The monoisotopic (exact) mass is 230 g/mol. The summed E-state index contributed by atoms with van der Waals surface area (Å²) in [5.41, 5.74) is 4.47. The second-order valence-electron chi connectivity index (χ2n) is 5.40. The number of hydrogen-bond acceptors (Lipinski definition) is 2. The first kappa shape index (κ1) is 10.6. The number of rotatable bonds is 0. The number of likely N-dealkylation sites (N-methyl/N-ethyl adjacent to an activating group) is 2. The Morgan fingerprint density at radius 2 is 1.82 bits per heavy atom. The highest BCUT2D eigenvalue weighted by Gasteiger charge is 2.58. The fraction of sp³-hybridized carbons (Fsp3) is 0.500. The number of benzene rings is 1. The van der Waals surface area contributed by atoms with Crippen LogP contribution in [0.4, 0.5) is 11.4 Å². The van der Waals surface area contributed by atoms with Crippen molar-refractivity contribution in [1.29, 1.82) is 0 Å². The molecule has 1 saturated carbocycles. The molecule has 2 aliphatic rings. The highest BCUT2D eigenvalue weighted by atomic mass is 16.2. The number of carbonyl (C=O) groups is 1. The fourth-order valence-corrected chi connectivity index (χ4v) is 3.09. The van der Waals surface area contributed by atoms with E-state index < -0.39 is 0 Å². The molecule has 1 amide bonds. The van der Waals surface area contributed by atoms with Crippen molar-refractivity contribution >= 4 is 17.3 Å². The van der Waals surface area contributed by atoms with E-state index in [1.807, 2.05) is 11.9 Å². The number of aryl methyl sites for hydroxylation is 2. The first-order chi connectivity index (χ1) is 7.97. The molecule has 1 spiro atoms. The molecule has 0 radical (unpaired) electrons. The van der Waals surface area contributed by atoms with E-state index in [9.17, 15) is 4.79 Å². The van der Waals surface area contributed by atoms with Gasteiger partial charge in [0.15, 0.2) is 0 Å². The zero-order chi connectivity index (χ0) is 12.4. The quantitative estimate of drug-likeness (QED) is 0.682. The topological polar surface area (TPSA) is 23.6 Å². The molecule has 0 atom stereocenters. The maximum Gasteiger partial charge on any atom is 0.252 e. The van der Waals surface area contributed by atoms with E-state index in [-0.39, 0.29) is 11.4 Å². The minimum Gasteiger partial charge on any atom is -0.358 e. The molecule has 1 aliphatic heterocycles. The molecule has 0 saturated heterocycles. The molecule has 17 heavy (non-hydrogen) atoms. The van der Waals surface area contributed by atoms with Crippen molar-refractivity contribution in [2.45, 2.75) is 32.2 Å². The van der Waals surface area contributed by atoms with Crippen LogP contribution in [0, 0.1) is 13.8 Å². The molecular formula is C14H18N2O. The summed E-state index contributed by atoms with van der Waals surface area (Å²) in [5.74, 6) is 0.249. The van der Waals surface area contributed by atoms with E-state index in [4.69, 9.17) is 0 Å². The van der Waals surface area contributed by atoms with E-state index in [1.165, 1.54) is 16.8 Å². The van der Waals surface area contributed by atoms with Gasteiger partial charge in [0.05, 0.1) is 11.4 Å². The van der Waals surface area contributed by atoms with Crippen LogP contribution >= 0.6 is 0 Å². The zero-order valence-electron chi connectivity index (χ0n) is 10.9. The lowest BCUT2D eigenvalue weighted by molar-refractivity contribution is -0.120. The van der Waals surface area contributed by atoms with Crippen molar-refractivity contribution in [3.63, 3.8) is 0 Å². The molecule has 1 fully saturated rings. The molecule has 1 aromatic carbocycles. The van der Waals surface area contributed by atoms with E-state index in [1.54, 1.807) is 0 Å². The Labute approximate surface area is 102 Å². The summed E-state index contributed by atoms with van der Waals surface area (Å²) in [6.07, 6.45) is 1.97. The minimum absolute atomic E-state index is 0.234. The highest BCUT2D eigenvalue weighted by molar-refractivity contribution is 6.10. The maximum atomic E-state index is 12.4. The van der Waals surface area contributed by atoms with Gasteiger partial charge in [-0.25, -0.2) is 0 Å². The maximum absolute atomic E-state index is 12.4. The molecule has 0 N–H and O–H groups in total. The average molecular weight is 230 g/mol. The number of fused-ring (bicyclic) bond motifs is 1. The number of anilines is 2. The predicted octanol–water partition coefficient (Wildman–Crippen LogP) is 2.25. The summed E-state index contributed by atoms with van der Waals surface area (Å²) in [4.78, 5) is 16.4. The highest BCUT2D eigenvalue weighted by Crippen LogP contribution is 2.51. The van der Waals surface area contributed by atoms with Gasteiger partial charge in [0, 0.05) is 14.1 Å². The van der Waals surface area contributed by atoms with E-state index in [0.717, 1.165) is 18.5 Å². The second kappa shape index (κ2) is 3.03. The van der Waals surface area contributed by atoms with E-state index in [0.29, 0.717) is 0 Å². The van der Waals surface area contributed by atoms with Crippen LogP contribution in [0.1, 0.15) is 24.0 Å². The fourth-order valence-electron chi connectivity index (χ4n) is 3.09. The summed E-state index contributed by atoms with van der Waals surface area (Å²) in [6, 6.07) is 4.33. The standard InChI is InChI=1S/C14H18N2O/c1-9-7-10(2)12-11(8-9)16(4)14(5-6-14)13(17)15(12)3/h7-8H,5-6H2,1-4H3. The molecular weight excluding hydrogens is 212 g/mol. The SMILES string of the molecule is Cc1cc(C)c2c(c1)N(C)C1(CC1)C(=O)N2C. The van der Waals surface area contributed by atoms with Crippen LogP contribution in [0.3, 0.4) is 0 Å². The predicted molar refractivity (Wildman–Crippen MR) is 69.7 cm³/mol. The van der Waals surface area contributed by atoms with Gasteiger partial charge in [0.2, 0.25) is 0 Å². The van der Waals surface area contributed by atoms with Crippen LogP contribution in [-0.4, -0.2) is 25.5 Å². The van der Waals surface area contributed by atoms with E-state index in [2.05, 4.69) is 37.9 Å². The van der Waals surface area contributed by atoms with Gasteiger partial charge in [-0.05, 0) is 43.9 Å². The Hall–Kier alpha value is -1.51. The molecule has 3 nitrogen and oxygen atoms in total. The molecule has 0 bridgehead atoms. The number of carbonyl (C=O) groups excluding carboxylic acids is 1. The summed E-state index contributed by atoms with van der Waals surface area (Å²) in [5, 5.41) is 0. The van der Waals surface area contributed by atoms with Crippen molar-refractivity contribution < 1.29 is 4.79 Å². The summed E-state index contributed by atoms with van der Waals surface area (Å²) < 4.78 is 0. The van der Waals surface area contributed by atoms with Gasteiger partial charge in [-0.15, -0.1) is 0 Å². The Bertz CT molecular complexity index is 517. The van der Waals surface area contributed by atoms with Gasteiger partial charge in [-0.1, -0.05) is 6.07 Å². The first-order valence-corrected chi connectivity index (χ1v) is 6.10. The summed E-state index contributed by atoms with van der Waals surface area (Å²) in [7, 11) is 3.95. The number of hydrogen-bond donors (Lipinski definition) is 0. The molecule has 1 aliphatic carbocycles. The Morgan fingerprint density at radius 1 is 1.18 bits per heavy atom. The van der Waals surface area contributed by atoms with Crippen molar-refractivity contribution in [2.75, 3.05) is 23.9 Å². The first-order valence-electron chi connectivity index (χ1n) is 6.10. The van der Waals surface area contributed by atoms with Gasteiger partial charge in [0.25, 0.3) is 5.91 Å². The number of amides is 1. The largest absolute Gasteiger partial charge is 0.358 e. The molecule has 3 heteroatoms. The van der Waals surface area contributed by atoms with Crippen LogP contribution in [0.2, 0.25) is 0 Å². The third kappa shape index (κ3) is 1.20. The Morgan fingerprint density at radius 3 is 2.41 bits per heavy atom. The third-order valence-corrected chi connectivity index (χ3v) is 4.19. The van der Waals surface area contributed by atoms with Crippen molar-refractivity contribution in [3.8, 4) is 0 Å². The Kier molecular flexibility index (Phi) is 1.90. The average Bonchev–Trinajstić information content (AvgIpc) is 3.04. The smallest absolute Gasteiger partial charge is 0.252 e. The molecule has 1 heterocycles. The third-order valence-electron chi connectivity index (χ3n) is 4.19. The van der Waals surface area contributed by atoms with Gasteiger partial charge in [-0.3, -0.25) is 4.79 Å². The zero-order valence-corrected chi connectivity index (χ0v) is 10.9. The lowest BCUT2D eigenvalue weighted by Gasteiger charge is -2.41. The summed E-state index contributed by atoms with van der Waals surface area (Å²) in [6.45, 7) is 4.19. The van der Waals surface area contributed by atoms with Crippen LogP contribution in [-0.2, 0) is 4.79 Å². The molecule has 1 aromatic rings. The molecule has 0 unspecified atom stereocenters. The van der Waals surface area contributed by atoms with Gasteiger partial charge in [0.1, 0.15) is 5.54 Å². The molecule has 3 rings (SSSR count). The minimum atomic E-state index is -0.234. The second-order valence-corrected chi connectivity index (χ2v) is 5.40. The lowest BCUT2D eigenvalue weighted by Crippen LogP contribution is -2.53. The van der Waals surface area contributed by atoms with Gasteiger partial charge < -0.3 is 9.80 Å². The van der Waals surface area contributed by atoms with Crippen molar-refractivity contribution in [2.24, 2.45) is 0 Å². The van der Waals surface area contributed by atoms with Gasteiger partial charge >= 0.3 is 0 Å².